The number of amides is 1. The monoisotopic (exact) mass is 414 g/mol. The third kappa shape index (κ3) is 3.94. The fourth-order valence-corrected chi connectivity index (χ4v) is 5.07. The number of thiophene rings is 1. The van der Waals surface area contributed by atoms with Crippen molar-refractivity contribution in [2.24, 2.45) is 11.3 Å². The zero-order chi connectivity index (χ0) is 20.8. The molecule has 0 bridgehead atoms. The van der Waals surface area contributed by atoms with Crippen molar-refractivity contribution in [3.8, 4) is 0 Å². The van der Waals surface area contributed by atoms with Gasteiger partial charge in [0, 0.05) is 10.6 Å². The first kappa shape index (κ1) is 19.7. The second kappa shape index (κ2) is 7.33. The van der Waals surface area contributed by atoms with Crippen molar-refractivity contribution in [2.45, 2.75) is 46.6 Å². The lowest BCUT2D eigenvalue weighted by Crippen LogP contribution is -2.31. The van der Waals surface area contributed by atoms with Gasteiger partial charge in [-0.25, -0.2) is 9.07 Å². The molecule has 0 aliphatic heterocycles. The number of anilines is 1. The summed E-state index contributed by atoms with van der Waals surface area (Å²) in [4.78, 5) is 27.2. The van der Waals surface area contributed by atoms with Crippen LogP contribution in [-0.4, -0.2) is 20.9 Å². The molecule has 29 heavy (non-hydrogen) atoms. The quantitative estimate of drug-likeness (QED) is 0.708. The third-order valence-electron chi connectivity index (χ3n) is 5.58. The van der Waals surface area contributed by atoms with Crippen LogP contribution in [-0.2, 0) is 24.2 Å². The minimum absolute atomic E-state index is 0.220. The number of fused-ring (bicyclic) bond motifs is 3. The first-order valence-corrected chi connectivity index (χ1v) is 10.5. The lowest BCUT2D eigenvalue weighted by molar-refractivity contribution is -0.117. The van der Waals surface area contributed by atoms with Crippen LogP contribution in [0.3, 0.4) is 0 Å². The predicted molar refractivity (Wildman–Crippen MR) is 112 cm³/mol. The number of hydrogen-bond donors (Lipinski definition) is 1. The Kier molecular flexibility index (Phi) is 4.98. The maximum absolute atomic E-state index is 13.0. The Balaban J connectivity index is 1.59. The summed E-state index contributed by atoms with van der Waals surface area (Å²) in [6.07, 6.45) is 2.83. The molecular weight excluding hydrogens is 391 g/mol. The van der Waals surface area contributed by atoms with E-state index in [9.17, 15) is 14.0 Å². The number of carbonyl (C=O) groups excluding carboxylic acids is 1. The standard InChI is InChI=1S/C21H23FN4O2S/c1-21(2,3)12-4-9-15-16(10-12)29-19-18(15)20(28)26(25-24-19)11-17(27)23-14-7-5-13(22)6-8-14/h5-8,12H,4,9-11H2,1-3H3,(H,23,27)/t12-/m1/s1. The first-order valence-electron chi connectivity index (χ1n) is 9.66. The zero-order valence-corrected chi connectivity index (χ0v) is 17.5. The minimum atomic E-state index is -0.413. The Morgan fingerprint density at radius 2 is 2.03 bits per heavy atom. The number of aromatic nitrogens is 3. The molecule has 152 valence electrons. The zero-order valence-electron chi connectivity index (χ0n) is 16.7. The fraction of sp³-hybridized carbons (Fsp3) is 0.429. The van der Waals surface area contributed by atoms with Gasteiger partial charge in [-0.2, -0.15) is 0 Å². The van der Waals surface area contributed by atoms with Gasteiger partial charge < -0.3 is 5.32 Å². The summed E-state index contributed by atoms with van der Waals surface area (Å²) in [7, 11) is 0. The number of rotatable bonds is 3. The molecule has 1 N–H and O–H groups in total. The van der Waals surface area contributed by atoms with Crippen LogP contribution >= 0.6 is 11.3 Å². The van der Waals surface area contributed by atoms with E-state index in [4.69, 9.17) is 0 Å². The largest absolute Gasteiger partial charge is 0.324 e. The molecule has 0 radical (unpaired) electrons. The van der Waals surface area contributed by atoms with Gasteiger partial charge in [0.15, 0.2) is 4.83 Å². The molecule has 0 saturated heterocycles. The van der Waals surface area contributed by atoms with Crippen molar-refractivity contribution in [1.29, 1.82) is 0 Å². The van der Waals surface area contributed by atoms with Gasteiger partial charge >= 0.3 is 0 Å². The summed E-state index contributed by atoms with van der Waals surface area (Å²) in [5, 5.41) is 11.4. The topological polar surface area (TPSA) is 76.9 Å². The number of benzene rings is 1. The molecule has 2 aromatic heterocycles. The van der Waals surface area contributed by atoms with Crippen LogP contribution in [0.5, 0.6) is 0 Å². The summed E-state index contributed by atoms with van der Waals surface area (Å²) in [6.45, 7) is 6.52. The number of aryl methyl sites for hydroxylation is 1. The number of nitrogens with zero attached hydrogens (tertiary/aromatic N) is 3. The normalized spacial score (nSPS) is 16.6. The highest BCUT2D eigenvalue weighted by Gasteiger charge is 2.32. The van der Waals surface area contributed by atoms with Crippen molar-refractivity contribution >= 4 is 33.1 Å². The Bertz CT molecular complexity index is 1130. The molecule has 1 aromatic carbocycles. The van der Waals surface area contributed by atoms with Crippen LogP contribution in [0.25, 0.3) is 10.2 Å². The van der Waals surface area contributed by atoms with Gasteiger partial charge in [-0.3, -0.25) is 9.59 Å². The number of carbonyl (C=O) groups is 1. The highest BCUT2D eigenvalue weighted by Crippen LogP contribution is 2.41. The lowest BCUT2D eigenvalue weighted by atomic mass is 9.72. The smallest absolute Gasteiger partial charge is 0.279 e. The molecule has 0 spiro atoms. The summed E-state index contributed by atoms with van der Waals surface area (Å²) < 4.78 is 14.1. The fourth-order valence-electron chi connectivity index (χ4n) is 3.84. The summed E-state index contributed by atoms with van der Waals surface area (Å²) in [6, 6.07) is 5.45. The van der Waals surface area contributed by atoms with E-state index in [2.05, 4.69) is 36.4 Å². The summed E-state index contributed by atoms with van der Waals surface area (Å²) in [5.41, 5.74) is 1.46. The Morgan fingerprint density at radius 1 is 1.31 bits per heavy atom. The van der Waals surface area contributed by atoms with Crippen LogP contribution in [0.15, 0.2) is 29.1 Å². The number of halogens is 1. The van der Waals surface area contributed by atoms with Gasteiger partial charge in [0.25, 0.3) is 5.56 Å². The van der Waals surface area contributed by atoms with Crippen LogP contribution < -0.4 is 10.9 Å². The highest BCUT2D eigenvalue weighted by atomic mass is 32.1. The Labute approximate surface area is 171 Å². The molecule has 2 heterocycles. The predicted octanol–water partition coefficient (Wildman–Crippen LogP) is 3.78. The van der Waals surface area contributed by atoms with E-state index in [1.807, 2.05) is 0 Å². The molecule has 6 nitrogen and oxygen atoms in total. The van der Waals surface area contributed by atoms with Gasteiger partial charge in [0.2, 0.25) is 5.91 Å². The molecule has 0 unspecified atom stereocenters. The highest BCUT2D eigenvalue weighted by molar-refractivity contribution is 7.18. The maximum Gasteiger partial charge on any atom is 0.279 e. The average molecular weight is 415 g/mol. The molecule has 8 heteroatoms. The van der Waals surface area contributed by atoms with Crippen LogP contribution in [0.1, 0.15) is 37.6 Å². The van der Waals surface area contributed by atoms with E-state index in [-0.39, 0.29) is 23.3 Å². The van der Waals surface area contributed by atoms with E-state index < -0.39 is 5.91 Å². The molecule has 1 amide bonds. The SMILES string of the molecule is CC(C)(C)[C@@H]1CCc2c(sc3nnn(CC(=O)Nc4ccc(F)cc4)c(=O)c23)C1. The molecule has 4 rings (SSSR count). The first-order chi connectivity index (χ1) is 13.7. The average Bonchev–Trinajstić information content (AvgIpc) is 3.03. The molecule has 0 fully saturated rings. The van der Waals surface area contributed by atoms with E-state index >= 15 is 0 Å². The molecule has 1 aliphatic rings. The maximum atomic E-state index is 13.0. The van der Waals surface area contributed by atoms with E-state index in [1.165, 1.54) is 29.1 Å². The second-order valence-corrected chi connectivity index (χ2v) is 9.68. The van der Waals surface area contributed by atoms with Crippen molar-refractivity contribution in [3.05, 3.63) is 50.9 Å². The van der Waals surface area contributed by atoms with Gasteiger partial charge in [-0.15, -0.1) is 16.4 Å². The van der Waals surface area contributed by atoms with Crippen LogP contribution in [0.4, 0.5) is 10.1 Å². The van der Waals surface area contributed by atoms with Crippen LogP contribution in [0.2, 0.25) is 0 Å². The molecule has 1 aliphatic carbocycles. The Hall–Kier alpha value is -2.61. The third-order valence-corrected chi connectivity index (χ3v) is 6.72. The summed E-state index contributed by atoms with van der Waals surface area (Å²) >= 11 is 1.54. The van der Waals surface area contributed by atoms with E-state index in [0.717, 1.165) is 29.5 Å². The van der Waals surface area contributed by atoms with Crippen LogP contribution in [0, 0.1) is 17.2 Å². The number of nitrogens with one attached hydrogen (secondary N) is 1. The summed E-state index contributed by atoms with van der Waals surface area (Å²) in [5.74, 6) is -0.226. The minimum Gasteiger partial charge on any atom is -0.324 e. The lowest BCUT2D eigenvalue weighted by Gasteiger charge is -2.33. The van der Waals surface area contributed by atoms with Gasteiger partial charge in [0.1, 0.15) is 12.4 Å². The van der Waals surface area contributed by atoms with Gasteiger partial charge in [-0.05, 0) is 60.4 Å². The van der Waals surface area contributed by atoms with Gasteiger partial charge in [-0.1, -0.05) is 26.0 Å². The second-order valence-electron chi connectivity index (χ2n) is 8.60. The number of hydrogen-bond acceptors (Lipinski definition) is 5. The van der Waals surface area contributed by atoms with Crippen molar-refractivity contribution in [1.82, 2.24) is 15.0 Å². The van der Waals surface area contributed by atoms with E-state index in [1.54, 1.807) is 11.3 Å². The van der Waals surface area contributed by atoms with Gasteiger partial charge in [0.05, 0.1) is 5.39 Å². The molecule has 3 aromatic rings. The molecule has 1 atom stereocenters. The van der Waals surface area contributed by atoms with Crippen molar-refractivity contribution in [3.63, 3.8) is 0 Å². The van der Waals surface area contributed by atoms with Crippen molar-refractivity contribution < 1.29 is 9.18 Å². The molecule has 0 saturated carbocycles. The Morgan fingerprint density at radius 3 is 2.72 bits per heavy atom. The molecular formula is C21H23FN4O2S. The van der Waals surface area contributed by atoms with E-state index in [0.29, 0.717) is 21.8 Å². The van der Waals surface area contributed by atoms with Crippen molar-refractivity contribution in [2.75, 3.05) is 5.32 Å².